The van der Waals surface area contributed by atoms with Crippen molar-refractivity contribution in [2.24, 2.45) is 5.92 Å². The van der Waals surface area contributed by atoms with E-state index in [4.69, 9.17) is 16.3 Å². The highest BCUT2D eigenvalue weighted by molar-refractivity contribution is 7.89. The third kappa shape index (κ3) is 5.37. The minimum Gasteiger partial charge on any atom is -0.449 e. The number of halogens is 1. The minimum absolute atomic E-state index is 0.0301. The fourth-order valence-electron chi connectivity index (χ4n) is 3.40. The highest BCUT2D eigenvalue weighted by Crippen LogP contribution is 2.28. The minimum atomic E-state index is -3.76. The Bertz CT molecular complexity index is 1070. The van der Waals surface area contributed by atoms with Gasteiger partial charge in [-0.3, -0.25) is 9.69 Å². The summed E-state index contributed by atoms with van der Waals surface area (Å²) in [5.74, 6) is -0.486. The highest BCUT2D eigenvalue weighted by Gasteiger charge is 2.33. The lowest BCUT2D eigenvalue weighted by atomic mass is 9.97. The molecule has 0 saturated carbocycles. The number of pyridine rings is 1. The molecular formula is C21H25ClN4O5S. The van der Waals surface area contributed by atoms with Gasteiger partial charge in [0.15, 0.2) is 0 Å². The number of sulfonamides is 1. The molecule has 1 aliphatic heterocycles. The Morgan fingerprint density at radius 2 is 1.88 bits per heavy atom. The molecule has 0 unspecified atom stereocenters. The lowest BCUT2D eigenvalue weighted by Gasteiger charge is -2.30. The van der Waals surface area contributed by atoms with Crippen molar-refractivity contribution in [2.45, 2.75) is 24.7 Å². The molecule has 172 valence electrons. The van der Waals surface area contributed by atoms with Crippen LogP contribution < -0.4 is 10.2 Å². The third-order valence-electron chi connectivity index (χ3n) is 5.23. The van der Waals surface area contributed by atoms with Crippen LogP contribution in [0.3, 0.4) is 0 Å². The molecule has 0 aliphatic carbocycles. The fraction of sp³-hybridized carbons (Fsp3) is 0.381. The molecule has 0 bridgehead atoms. The molecule has 9 nitrogen and oxygen atoms in total. The van der Waals surface area contributed by atoms with E-state index >= 15 is 0 Å². The molecule has 1 N–H and O–H groups in total. The Labute approximate surface area is 192 Å². The molecule has 1 aromatic carbocycles. The van der Waals surface area contributed by atoms with E-state index in [1.54, 1.807) is 38.2 Å². The molecule has 1 aromatic heterocycles. The number of hydrogen-bond donors (Lipinski definition) is 1. The predicted molar refractivity (Wildman–Crippen MR) is 121 cm³/mol. The van der Waals surface area contributed by atoms with Crippen LogP contribution in [0.4, 0.5) is 16.2 Å². The molecule has 0 spiro atoms. The summed E-state index contributed by atoms with van der Waals surface area (Å²) in [5, 5.41) is 2.79. The van der Waals surface area contributed by atoms with E-state index in [2.05, 4.69) is 10.3 Å². The molecule has 2 aromatic rings. The highest BCUT2D eigenvalue weighted by atomic mass is 35.5. The van der Waals surface area contributed by atoms with Gasteiger partial charge in [-0.2, -0.15) is 4.31 Å². The van der Waals surface area contributed by atoms with Gasteiger partial charge in [-0.05, 0) is 56.2 Å². The van der Waals surface area contributed by atoms with E-state index in [0.717, 1.165) is 0 Å². The smallest absolute Gasteiger partial charge is 0.413 e. The Morgan fingerprint density at radius 1 is 1.22 bits per heavy atom. The van der Waals surface area contributed by atoms with Gasteiger partial charge >= 0.3 is 6.09 Å². The topological polar surface area (TPSA) is 109 Å². The van der Waals surface area contributed by atoms with Crippen LogP contribution in [0.25, 0.3) is 0 Å². The number of nitrogens with zero attached hydrogens (tertiary/aromatic N) is 3. The number of amides is 2. The second kappa shape index (κ2) is 10.3. The van der Waals surface area contributed by atoms with Crippen LogP contribution in [-0.4, -0.2) is 56.5 Å². The lowest BCUT2D eigenvalue weighted by Crippen LogP contribution is -2.41. The molecule has 3 rings (SSSR count). The van der Waals surface area contributed by atoms with E-state index < -0.39 is 16.1 Å². The summed E-state index contributed by atoms with van der Waals surface area (Å²) >= 11 is 5.95. The van der Waals surface area contributed by atoms with Crippen molar-refractivity contribution >= 4 is 45.0 Å². The first-order valence-electron chi connectivity index (χ1n) is 10.2. The molecule has 1 saturated heterocycles. The van der Waals surface area contributed by atoms with Crippen LogP contribution in [-0.2, 0) is 19.6 Å². The van der Waals surface area contributed by atoms with Gasteiger partial charge in [0, 0.05) is 43.6 Å². The van der Waals surface area contributed by atoms with Crippen molar-refractivity contribution in [1.29, 1.82) is 0 Å². The Balaban J connectivity index is 1.57. The second-order valence-electron chi connectivity index (χ2n) is 7.26. The molecule has 0 atom stereocenters. The number of benzene rings is 1. The van der Waals surface area contributed by atoms with Gasteiger partial charge in [0.25, 0.3) is 0 Å². The van der Waals surface area contributed by atoms with E-state index in [0.29, 0.717) is 24.2 Å². The monoisotopic (exact) mass is 480 g/mol. The molecule has 2 heterocycles. The van der Waals surface area contributed by atoms with Gasteiger partial charge < -0.3 is 10.1 Å². The summed E-state index contributed by atoms with van der Waals surface area (Å²) in [6.45, 7) is 2.45. The average Bonchev–Trinajstić information content (AvgIpc) is 2.79. The van der Waals surface area contributed by atoms with E-state index in [1.165, 1.54) is 27.5 Å². The molecule has 1 aliphatic rings. The van der Waals surface area contributed by atoms with E-state index in [1.807, 2.05) is 0 Å². The summed E-state index contributed by atoms with van der Waals surface area (Å²) in [6.07, 6.45) is 1.76. The van der Waals surface area contributed by atoms with Crippen LogP contribution >= 0.6 is 11.6 Å². The average molecular weight is 481 g/mol. The first-order valence-corrected chi connectivity index (χ1v) is 12.0. The maximum absolute atomic E-state index is 12.8. The lowest BCUT2D eigenvalue weighted by molar-refractivity contribution is -0.120. The summed E-state index contributed by atoms with van der Waals surface area (Å²) in [7, 11) is -2.16. The largest absolute Gasteiger partial charge is 0.449 e. The molecule has 1 fully saturated rings. The SMILES string of the molecule is CCOC(=O)N(C)c1ccc(NC(=O)C2CCN(S(=O)(=O)c3cccnc3Cl)CC2)cc1. The van der Waals surface area contributed by atoms with Crippen molar-refractivity contribution in [3.63, 3.8) is 0 Å². The van der Waals surface area contributed by atoms with Crippen LogP contribution in [0.1, 0.15) is 19.8 Å². The van der Waals surface area contributed by atoms with E-state index in [-0.39, 0.29) is 41.6 Å². The van der Waals surface area contributed by atoms with Crippen molar-refractivity contribution < 1.29 is 22.7 Å². The fourth-order valence-corrected chi connectivity index (χ4v) is 5.30. The molecule has 11 heteroatoms. The summed E-state index contributed by atoms with van der Waals surface area (Å²) in [6, 6.07) is 9.76. The number of anilines is 2. The van der Waals surface area contributed by atoms with Gasteiger partial charge in [-0.25, -0.2) is 18.2 Å². The Kier molecular flexibility index (Phi) is 7.70. The standard InChI is InChI=1S/C21H25ClN4O5S/c1-3-31-21(28)25(2)17-8-6-16(7-9-17)24-20(27)15-10-13-26(14-11-15)32(29,30)18-5-4-12-23-19(18)22/h4-9,12,15H,3,10-11,13-14H2,1-2H3,(H,24,27). The van der Waals surface area contributed by atoms with Gasteiger partial charge in [0.1, 0.15) is 10.0 Å². The first-order chi connectivity index (χ1) is 15.2. The van der Waals surface area contributed by atoms with Crippen molar-refractivity contribution in [3.8, 4) is 0 Å². The predicted octanol–water partition coefficient (Wildman–Crippen LogP) is 3.37. The number of hydrogen-bond acceptors (Lipinski definition) is 6. The number of carbonyl (C=O) groups excluding carboxylic acids is 2. The normalized spacial score (nSPS) is 15.2. The molecule has 32 heavy (non-hydrogen) atoms. The van der Waals surface area contributed by atoms with Crippen molar-refractivity contribution in [3.05, 3.63) is 47.7 Å². The number of ether oxygens (including phenoxy) is 1. The Hall–Kier alpha value is -2.69. The summed E-state index contributed by atoms with van der Waals surface area (Å²) in [5.41, 5.74) is 1.22. The zero-order valence-electron chi connectivity index (χ0n) is 17.8. The van der Waals surface area contributed by atoms with Crippen LogP contribution in [0.5, 0.6) is 0 Å². The number of nitrogens with one attached hydrogen (secondary N) is 1. The zero-order valence-corrected chi connectivity index (χ0v) is 19.4. The number of carbonyl (C=O) groups is 2. The van der Waals surface area contributed by atoms with Gasteiger partial charge in [0.2, 0.25) is 15.9 Å². The van der Waals surface area contributed by atoms with Gasteiger partial charge in [-0.1, -0.05) is 11.6 Å². The number of aromatic nitrogens is 1. The van der Waals surface area contributed by atoms with Gasteiger partial charge in [-0.15, -0.1) is 0 Å². The maximum Gasteiger partial charge on any atom is 0.413 e. The van der Waals surface area contributed by atoms with Crippen molar-refractivity contribution in [1.82, 2.24) is 9.29 Å². The van der Waals surface area contributed by atoms with Crippen LogP contribution in [0.2, 0.25) is 5.15 Å². The second-order valence-corrected chi connectivity index (χ2v) is 9.53. The molecule has 2 amide bonds. The van der Waals surface area contributed by atoms with Gasteiger partial charge in [0.05, 0.1) is 6.61 Å². The molecular weight excluding hydrogens is 456 g/mol. The van der Waals surface area contributed by atoms with E-state index in [9.17, 15) is 18.0 Å². The summed E-state index contributed by atoms with van der Waals surface area (Å²) < 4.78 is 31.9. The number of piperidine rings is 1. The maximum atomic E-state index is 12.8. The first kappa shape index (κ1) is 24.0. The summed E-state index contributed by atoms with van der Waals surface area (Å²) in [4.78, 5) is 29.6. The van der Waals surface area contributed by atoms with Crippen LogP contribution in [0, 0.1) is 5.92 Å². The van der Waals surface area contributed by atoms with Crippen LogP contribution in [0.15, 0.2) is 47.5 Å². The third-order valence-corrected chi connectivity index (χ3v) is 7.57. The van der Waals surface area contributed by atoms with Crippen molar-refractivity contribution in [2.75, 3.05) is 37.0 Å². The number of rotatable bonds is 6. The molecule has 0 radical (unpaired) electrons. The quantitative estimate of drug-likeness (QED) is 0.635. The zero-order chi connectivity index (χ0) is 23.3. The Morgan fingerprint density at radius 3 is 2.47 bits per heavy atom.